The molecular formula is C23H29FN2O3S. The van der Waals surface area contributed by atoms with Gasteiger partial charge in [-0.3, -0.25) is 4.90 Å². The Morgan fingerprint density at radius 3 is 2.53 bits per heavy atom. The maximum Gasteiger partial charge on any atom is 0.247 e. The molecule has 0 unspecified atom stereocenters. The number of nitrogens with zero attached hydrogens (tertiary/aromatic N) is 2. The van der Waals surface area contributed by atoms with Crippen LogP contribution < -0.4 is 4.74 Å². The molecule has 2 heterocycles. The summed E-state index contributed by atoms with van der Waals surface area (Å²) in [6.07, 6.45) is 1.11. The second-order valence-corrected chi connectivity index (χ2v) is 10.4. The van der Waals surface area contributed by atoms with Crippen molar-refractivity contribution in [1.82, 2.24) is 9.21 Å². The molecule has 1 saturated heterocycles. The van der Waals surface area contributed by atoms with E-state index in [2.05, 4.69) is 4.90 Å². The minimum Gasteiger partial charge on any atom is -0.487 e. The molecule has 0 N–H and O–H groups in total. The summed E-state index contributed by atoms with van der Waals surface area (Å²) in [6.45, 7) is 6.45. The molecule has 2 aliphatic rings. The van der Waals surface area contributed by atoms with E-state index in [1.54, 1.807) is 34.6 Å². The van der Waals surface area contributed by atoms with Crippen molar-refractivity contribution in [3.63, 3.8) is 0 Å². The maximum atomic E-state index is 14.1. The standard InChI is InChI=1S/C23H29FN2O3S/c1-17(2)15-26-20-11-13-25(16-18-7-3-4-8-19(18)24)14-12-21(20)29-22-9-5-6-10-23(22)30(26,27)28/h3-10,17,20-21H,11-16H2,1-2H3/t20-,21-/m0/s1. The van der Waals surface area contributed by atoms with E-state index < -0.39 is 10.0 Å². The minimum absolute atomic E-state index is 0.198. The van der Waals surface area contributed by atoms with Gasteiger partial charge < -0.3 is 4.74 Å². The Balaban J connectivity index is 1.63. The van der Waals surface area contributed by atoms with Crippen LogP contribution in [0.2, 0.25) is 0 Å². The van der Waals surface area contributed by atoms with Crippen LogP contribution >= 0.6 is 0 Å². The van der Waals surface area contributed by atoms with Crippen molar-refractivity contribution >= 4 is 10.0 Å². The Bertz CT molecular complexity index is 995. The summed E-state index contributed by atoms with van der Waals surface area (Å²) in [5, 5.41) is 0. The number of sulfonamides is 1. The van der Waals surface area contributed by atoms with E-state index in [-0.39, 0.29) is 28.8 Å². The highest BCUT2D eigenvalue weighted by atomic mass is 32.2. The molecule has 2 aliphatic heterocycles. The fourth-order valence-electron chi connectivity index (χ4n) is 4.43. The van der Waals surface area contributed by atoms with Gasteiger partial charge in [0.15, 0.2) is 0 Å². The quantitative estimate of drug-likeness (QED) is 0.735. The number of hydrogen-bond acceptors (Lipinski definition) is 4. The highest BCUT2D eigenvalue weighted by Gasteiger charge is 2.43. The van der Waals surface area contributed by atoms with Gasteiger partial charge in [0, 0.05) is 31.7 Å². The van der Waals surface area contributed by atoms with Crippen molar-refractivity contribution in [2.45, 2.75) is 50.3 Å². The molecule has 5 nitrogen and oxygen atoms in total. The van der Waals surface area contributed by atoms with Crippen LogP contribution in [-0.4, -0.2) is 49.4 Å². The first-order chi connectivity index (χ1) is 14.4. The molecule has 30 heavy (non-hydrogen) atoms. The number of halogens is 1. The third-order valence-corrected chi connectivity index (χ3v) is 7.81. The molecule has 4 rings (SSSR count). The predicted octanol–water partition coefficient (Wildman–Crippen LogP) is 3.90. The van der Waals surface area contributed by atoms with Gasteiger partial charge in [0.2, 0.25) is 10.0 Å². The molecule has 0 amide bonds. The first kappa shape index (κ1) is 21.3. The fourth-order valence-corrected chi connectivity index (χ4v) is 6.39. The van der Waals surface area contributed by atoms with E-state index in [1.165, 1.54) is 6.07 Å². The maximum absolute atomic E-state index is 14.1. The Morgan fingerprint density at radius 1 is 1.07 bits per heavy atom. The topological polar surface area (TPSA) is 49.9 Å². The number of para-hydroxylation sites is 1. The lowest BCUT2D eigenvalue weighted by molar-refractivity contribution is 0.108. The molecule has 7 heteroatoms. The lowest BCUT2D eigenvalue weighted by atomic mass is 10.0. The van der Waals surface area contributed by atoms with Gasteiger partial charge in [-0.25, -0.2) is 12.8 Å². The monoisotopic (exact) mass is 432 g/mol. The van der Waals surface area contributed by atoms with Gasteiger partial charge in [0.05, 0.1) is 6.04 Å². The molecule has 2 aromatic carbocycles. The molecule has 0 aliphatic carbocycles. The number of benzene rings is 2. The zero-order chi connectivity index (χ0) is 21.3. The average Bonchev–Trinajstić information content (AvgIpc) is 2.94. The van der Waals surface area contributed by atoms with Gasteiger partial charge in [-0.2, -0.15) is 4.31 Å². The molecule has 1 fully saturated rings. The molecule has 2 aromatic rings. The van der Waals surface area contributed by atoms with Gasteiger partial charge >= 0.3 is 0 Å². The molecular weight excluding hydrogens is 403 g/mol. The van der Waals surface area contributed by atoms with Crippen LogP contribution in [0.3, 0.4) is 0 Å². The largest absolute Gasteiger partial charge is 0.487 e. The third-order valence-electron chi connectivity index (χ3n) is 5.88. The summed E-state index contributed by atoms with van der Waals surface area (Å²) >= 11 is 0. The highest BCUT2D eigenvalue weighted by molar-refractivity contribution is 7.89. The first-order valence-electron chi connectivity index (χ1n) is 10.6. The molecule has 0 spiro atoms. The van der Waals surface area contributed by atoms with E-state index >= 15 is 0 Å². The zero-order valence-corrected chi connectivity index (χ0v) is 18.3. The smallest absolute Gasteiger partial charge is 0.247 e. The normalized spacial score (nSPS) is 24.4. The first-order valence-corrected chi connectivity index (χ1v) is 12.0. The number of likely N-dealkylation sites (tertiary alicyclic amines) is 1. The Labute approximate surface area is 178 Å². The van der Waals surface area contributed by atoms with Crippen molar-refractivity contribution in [2.75, 3.05) is 19.6 Å². The number of ether oxygens (including phenoxy) is 1. The van der Waals surface area contributed by atoms with Crippen LogP contribution in [-0.2, 0) is 16.6 Å². The number of hydrogen-bond donors (Lipinski definition) is 0. The van der Waals surface area contributed by atoms with Crippen molar-refractivity contribution in [2.24, 2.45) is 5.92 Å². The van der Waals surface area contributed by atoms with Gasteiger partial charge in [0.1, 0.15) is 22.6 Å². The minimum atomic E-state index is -3.65. The third kappa shape index (κ3) is 4.24. The van der Waals surface area contributed by atoms with Crippen LogP contribution in [0.15, 0.2) is 53.4 Å². The van der Waals surface area contributed by atoms with Crippen LogP contribution in [0.1, 0.15) is 32.3 Å². The van der Waals surface area contributed by atoms with Crippen molar-refractivity contribution in [1.29, 1.82) is 0 Å². The summed E-state index contributed by atoms with van der Waals surface area (Å²) in [4.78, 5) is 2.45. The van der Waals surface area contributed by atoms with Gasteiger partial charge in [-0.15, -0.1) is 0 Å². The van der Waals surface area contributed by atoms with E-state index in [1.807, 2.05) is 26.0 Å². The van der Waals surface area contributed by atoms with Gasteiger partial charge in [-0.1, -0.05) is 44.2 Å². The summed E-state index contributed by atoms with van der Waals surface area (Å²) in [5.74, 6) is 0.426. The number of rotatable bonds is 4. The van der Waals surface area contributed by atoms with Crippen molar-refractivity contribution in [3.8, 4) is 5.75 Å². The van der Waals surface area contributed by atoms with Crippen molar-refractivity contribution in [3.05, 3.63) is 59.9 Å². The molecule has 0 radical (unpaired) electrons. The van der Waals surface area contributed by atoms with Crippen molar-refractivity contribution < 1.29 is 17.5 Å². The zero-order valence-electron chi connectivity index (χ0n) is 17.5. The molecule has 2 atom stereocenters. The van der Waals surface area contributed by atoms with Crippen LogP contribution in [0, 0.1) is 11.7 Å². The lowest BCUT2D eigenvalue weighted by Crippen LogP contribution is -2.48. The van der Waals surface area contributed by atoms with E-state index in [0.717, 1.165) is 6.54 Å². The fraction of sp³-hybridized carbons (Fsp3) is 0.478. The average molecular weight is 433 g/mol. The Kier molecular flexibility index (Phi) is 6.14. The van der Waals surface area contributed by atoms with E-state index in [4.69, 9.17) is 4.74 Å². The molecule has 162 valence electrons. The van der Waals surface area contributed by atoms with Gasteiger partial charge in [-0.05, 0) is 37.0 Å². The summed E-state index contributed by atoms with van der Waals surface area (Å²) in [6, 6.07) is 13.5. The molecule has 0 saturated carbocycles. The van der Waals surface area contributed by atoms with E-state index in [9.17, 15) is 12.8 Å². The Hall–Kier alpha value is -1.96. The summed E-state index contributed by atoms with van der Waals surface area (Å²) < 4.78 is 49.1. The summed E-state index contributed by atoms with van der Waals surface area (Å²) in [7, 11) is -3.65. The highest BCUT2D eigenvalue weighted by Crippen LogP contribution is 2.37. The predicted molar refractivity (Wildman–Crippen MR) is 114 cm³/mol. The Morgan fingerprint density at radius 2 is 1.77 bits per heavy atom. The van der Waals surface area contributed by atoms with Crippen LogP contribution in [0.5, 0.6) is 5.75 Å². The SMILES string of the molecule is CC(C)CN1[C@H]2CCN(Cc3ccccc3F)CC[C@@H]2Oc2ccccc2S1(=O)=O. The van der Waals surface area contributed by atoms with Crippen LogP contribution in [0.25, 0.3) is 0 Å². The summed E-state index contributed by atoms with van der Waals surface area (Å²) in [5.41, 5.74) is 0.664. The lowest BCUT2D eigenvalue weighted by Gasteiger charge is -2.32. The van der Waals surface area contributed by atoms with Crippen LogP contribution in [0.4, 0.5) is 4.39 Å². The number of fused-ring (bicyclic) bond motifs is 2. The molecule has 0 aromatic heterocycles. The van der Waals surface area contributed by atoms with E-state index in [0.29, 0.717) is 43.8 Å². The second-order valence-electron chi connectivity index (χ2n) is 8.58. The molecule has 0 bridgehead atoms. The second kappa shape index (κ2) is 8.65. The van der Waals surface area contributed by atoms with Gasteiger partial charge in [0.25, 0.3) is 0 Å².